The number of nitrogens with two attached hydrogens (primary N) is 1. The molecule has 0 radical (unpaired) electrons. The number of hydrogen-bond acceptors (Lipinski definition) is 2. The van der Waals surface area contributed by atoms with E-state index in [1.54, 1.807) is 11.3 Å². The van der Waals surface area contributed by atoms with E-state index in [0.29, 0.717) is 5.56 Å². The molecule has 0 spiro atoms. The van der Waals surface area contributed by atoms with Crippen LogP contribution in [0.3, 0.4) is 0 Å². The number of fused-ring (bicyclic) bond motifs is 1. The maximum absolute atomic E-state index is 11.8. The molecule has 1 amide bonds. The minimum absolute atomic E-state index is 0.370. The molecule has 2 N–H and O–H groups in total. The van der Waals surface area contributed by atoms with Crippen molar-refractivity contribution in [2.45, 2.75) is 40.2 Å². The minimum atomic E-state index is -0.370. The van der Waals surface area contributed by atoms with Crippen LogP contribution >= 0.6 is 22.9 Å². The van der Waals surface area contributed by atoms with E-state index in [0.717, 1.165) is 35.8 Å². The first-order chi connectivity index (χ1) is 11.4. The van der Waals surface area contributed by atoms with Crippen LogP contribution in [0.1, 0.15) is 41.4 Å². The molecule has 0 fully saturated rings. The number of primary amides is 1. The maximum Gasteiger partial charge on any atom is 0.250 e. The van der Waals surface area contributed by atoms with E-state index in [1.807, 2.05) is 25.1 Å². The summed E-state index contributed by atoms with van der Waals surface area (Å²) in [5, 5.41) is 1.91. The lowest BCUT2D eigenvalue weighted by Crippen LogP contribution is -2.12. The summed E-state index contributed by atoms with van der Waals surface area (Å²) in [7, 11) is 0. The van der Waals surface area contributed by atoms with E-state index in [4.69, 9.17) is 17.3 Å². The van der Waals surface area contributed by atoms with E-state index < -0.39 is 0 Å². The second-order valence-corrected chi connectivity index (χ2v) is 7.58. The van der Waals surface area contributed by atoms with Crippen LogP contribution in [0.5, 0.6) is 0 Å². The average Bonchev–Trinajstić information content (AvgIpc) is 3.03. The Labute approximate surface area is 151 Å². The zero-order valence-electron chi connectivity index (χ0n) is 14.1. The summed E-state index contributed by atoms with van der Waals surface area (Å²) < 4.78 is 3.43. The van der Waals surface area contributed by atoms with Crippen LogP contribution in [0.25, 0.3) is 20.7 Å². The van der Waals surface area contributed by atoms with Crippen LogP contribution in [-0.2, 0) is 6.54 Å². The fourth-order valence-electron chi connectivity index (χ4n) is 3.12. The highest BCUT2D eigenvalue weighted by molar-refractivity contribution is 7.22. The minimum Gasteiger partial charge on any atom is -0.366 e. The Hall–Kier alpha value is -1.78. The molecule has 0 aliphatic heterocycles. The number of aryl methyl sites for hydroxylation is 1. The molecule has 0 aliphatic rings. The van der Waals surface area contributed by atoms with Crippen molar-refractivity contribution in [3.63, 3.8) is 0 Å². The number of hydrogen-bond donors (Lipinski definition) is 1. The van der Waals surface area contributed by atoms with Crippen LogP contribution in [0, 0.1) is 13.8 Å². The predicted octanol–water partition coefficient (Wildman–Crippen LogP) is 5.54. The third-order valence-electron chi connectivity index (χ3n) is 4.50. The lowest BCUT2D eigenvalue weighted by molar-refractivity contribution is 0.0999. The third-order valence-corrected chi connectivity index (χ3v) is 6.03. The Balaban J connectivity index is 2.23. The molecule has 0 bridgehead atoms. The van der Waals surface area contributed by atoms with Gasteiger partial charge in [0.15, 0.2) is 0 Å². The lowest BCUT2D eigenvalue weighted by atomic mass is 10.1. The molecule has 2 heterocycles. The fourth-order valence-corrected chi connectivity index (χ4v) is 4.51. The summed E-state index contributed by atoms with van der Waals surface area (Å²) in [5.41, 5.74) is 9.39. The second kappa shape index (κ2) is 6.61. The van der Waals surface area contributed by atoms with Crippen LogP contribution in [0.4, 0.5) is 0 Å². The zero-order valence-corrected chi connectivity index (χ0v) is 15.7. The van der Waals surface area contributed by atoms with Gasteiger partial charge in [0.2, 0.25) is 0 Å². The summed E-state index contributed by atoms with van der Waals surface area (Å²) in [6, 6.07) is 7.92. The first kappa shape index (κ1) is 17.1. The number of carbonyl (C=O) groups is 1. The van der Waals surface area contributed by atoms with E-state index in [9.17, 15) is 4.79 Å². The molecule has 3 rings (SSSR count). The highest BCUT2D eigenvalue weighted by atomic mass is 35.5. The van der Waals surface area contributed by atoms with Crippen LogP contribution in [0.2, 0.25) is 5.02 Å². The van der Waals surface area contributed by atoms with Crippen molar-refractivity contribution >= 4 is 38.9 Å². The highest BCUT2D eigenvalue weighted by Crippen LogP contribution is 2.40. The van der Waals surface area contributed by atoms with Crippen molar-refractivity contribution < 1.29 is 4.79 Å². The normalized spacial score (nSPS) is 11.3. The second-order valence-electron chi connectivity index (χ2n) is 6.09. The third kappa shape index (κ3) is 2.85. The number of unbranched alkanes of at least 4 members (excludes halogenated alkanes) is 1. The van der Waals surface area contributed by atoms with Gasteiger partial charge in [-0.15, -0.1) is 11.3 Å². The standard InChI is InChI=1S/C19H21ClN2OS/c1-4-5-8-22-12(3)15(19(21)23)10-16(22)18-11(2)14-9-13(20)6-7-17(14)24-18/h6-7,9-10H,4-5,8H2,1-3H3,(H2,21,23). The smallest absolute Gasteiger partial charge is 0.250 e. The highest BCUT2D eigenvalue weighted by Gasteiger charge is 2.20. The number of amides is 1. The topological polar surface area (TPSA) is 48.0 Å². The van der Waals surface area contributed by atoms with Crippen LogP contribution < -0.4 is 5.73 Å². The number of benzene rings is 1. The number of rotatable bonds is 5. The van der Waals surface area contributed by atoms with Gasteiger partial charge in [0, 0.05) is 22.0 Å². The Bertz CT molecular complexity index is 923. The van der Waals surface area contributed by atoms with Gasteiger partial charge in [0.1, 0.15) is 0 Å². The fraction of sp³-hybridized carbons (Fsp3) is 0.316. The van der Waals surface area contributed by atoms with Crippen molar-refractivity contribution in [2.75, 3.05) is 0 Å². The molecule has 0 unspecified atom stereocenters. The molecule has 0 saturated heterocycles. The lowest BCUT2D eigenvalue weighted by Gasteiger charge is -2.11. The molecule has 3 aromatic rings. The molecular weight excluding hydrogens is 340 g/mol. The quantitative estimate of drug-likeness (QED) is 0.638. The molecule has 5 heteroatoms. The van der Waals surface area contributed by atoms with E-state index in [2.05, 4.69) is 24.5 Å². The van der Waals surface area contributed by atoms with Crippen LogP contribution in [0.15, 0.2) is 24.3 Å². The average molecular weight is 361 g/mol. The van der Waals surface area contributed by atoms with Gasteiger partial charge in [-0.25, -0.2) is 0 Å². The zero-order chi connectivity index (χ0) is 17.4. The predicted molar refractivity (Wildman–Crippen MR) is 103 cm³/mol. The molecule has 0 atom stereocenters. The van der Waals surface area contributed by atoms with Gasteiger partial charge in [-0.2, -0.15) is 0 Å². The summed E-state index contributed by atoms with van der Waals surface area (Å²) in [4.78, 5) is 13.0. The number of halogens is 1. The summed E-state index contributed by atoms with van der Waals surface area (Å²) in [6.45, 7) is 7.14. The molecule has 24 heavy (non-hydrogen) atoms. The Morgan fingerprint density at radius 3 is 2.71 bits per heavy atom. The van der Waals surface area contributed by atoms with E-state index in [-0.39, 0.29) is 5.91 Å². The number of aromatic nitrogens is 1. The first-order valence-electron chi connectivity index (χ1n) is 8.13. The van der Waals surface area contributed by atoms with E-state index in [1.165, 1.54) is 20.5 Å². The van der Waals surface area contributed by atoms with Crippen molar-refractivity contribution in [2.24, 2.45) is 5.73 Å². The molecular formula is C19H21ClN2OS. The van der Waals surface area contributed by atoms with Crippen molar-refractivity contribution in [3.8, 4) is 10.6 Å². The monoisotopic (exact) mass is 360 g/mol. The first-order valence-corrected chi connectivity index (χ1v) is 9.32. The number of nitrogens with zero attached hydrogens (tertiary/aromatic N) is 1. The molecule has 1 aromatic carbocycles. The molecule has 2 aromatic heterocycles. The molecule has 0 aliphatic carbocycles. The van der Waals surface area contributed by atoms with Crippen molar-refractivity contribution in [1.29, 1.82) is 0 Å². The van der Waals surface area contributed by atoms with Crippen LogP contribution in [-0.4, -0.2) is 10.5 Å². The van der Waals surface area contributed by atoms with Gasteiger partial charge < -0.3 is 10.3 Å². The summed E-state index contributed by atoms with van der Waals surface area (Å²) in [5.74, 6) is -0.370. The largest absolute Gasteiger partial charge is 0.366 e. The van der Waals surface area contributed by atoms with Crippen molar-refractivity contribution in [3.05, 3.63) is 46.1 Å². The van der Waals surface area contributed by atoms with Gasteiger partial charge in [0.25, 0.3) is 5.91 Å². The Kier molecular flexibility index (Phi) is 4.70. The summed E-state index contributed by atoms with van der Waals surface area (Å²) >= 11 is 7.89. The van der Waals surface area contributed by atoms with Gasteiger partial charge >= 0.3 is 0 Å². The van der Waals surface area contributed by atoms with Gasteiger partial charge in [-0.3, -0.25) is 4.79 Å². The Morgan fingerprint density at radius 1 is 1.29 bits per heavy atom. The van der Waals surface area contributed by atoms with Gasteiger partial charge in [0.05, 0.1) is 16.1 Å². The van der Waals surface area contributed by atoms with Gasteiger partial charge in [-0.05, 0) is 55.5 Å². The number of thiophene rings is 1. The molecule has 3 nitrogen and oxygen atoms in total. The number of carbonyl (C=O) groups excluding carboxylic acids is 1. The van der Waals surface area contributed by atoms with E-state index >= 15 is 0 Å². The summed E-state index contributed by atoms with van der Waals surface area (Å²) in [6.07, 6.45) is 2.17. The SMILES string of the molecule is CCCCn1c(-c2sc3ccc(Cl)cc3c2C)cc(C(N)=O)c1C. The molecule has 126 valence electrons. The van der Waals surface area contributed by atoms with Gasteiger partial charge in [-0.1, -0.05) is 24.9 Å². The molecule has 0 saturated carbocycles. The van der Waals surface area contributed by atoms with Crippen molar-refractivity contribution in [1.82, 2.24) is 4.57 Å². The Morgan fingerprint density at radius 2 is 2.04 bits per heavy atom. The maximum atomic E-state index is 11.8.